The fourth-order valence-corrected chi connectivity index (χ4v) is 5.92. The van der Waals surface area contributed by atoms with E-state index in [4.69, 9.17) is 0 Å². The quantitative estimate of drug-likeness (QED) is 0.353. The van der Waals surface area contributed by atoms with Crippen LogP contribution in [0.4, 0.5) is 13.2 Å². The number of guanidine groups is 1. The van der Waals surface area contributed by atoms with Crippen molar-refractivity contribution in [1.82, 2.24) is 15.1 Å². The molecule has 152 valence electrons. The average molecular weight is 506 g/mol. The number of hydrogen-bond acceptors (Lipinski definition) is 3. The maximum absolute atomic E-state index is 12.6. The molecule has 0 aromatic heterocycles. The second-order valence-corrected chi connectivity index (χ2v) is 9.10. The Hall–Kier alpha value is 0.1000. The van der Waals surface area contributed by atoms with Crippen molar-refractivity contribution in [3.8, 4) is 0 Å². The number of alkyl halides is 3. The molecule has 1 aliphatic carbocycles. The van der Waals surface area contributed by atoms with Gasteiger partial charge in [-0.15, -0.1) is 24.0 Å². The Morgan fingerprint density at radius 3 is 2.62 bits per heavy atom. The van der Waals surface area contributed by atoms with E-state index in [0.717, 1.165) is 31.2 Å². The number of hydrogen-bond donors (Lipinski definition) is 1. The largest absolute Gasteiger partial charge is 0.401 e. The zero-order chi connectivity index (χ0) is 17.9. The van der Waals surface area contributed by atoms with Crippen molar-refractivity contribution in [3.63, 3.8) is 0 Å². The molecule has 1 unspecified atom stereocenters. The normalized spacial score (nSPS) is 27.5. The number of nitrogens with one attached hydrogen (secondary N) is 1. The molecule has 0 amide bonds. The number of thioether (sulfide) groups is 1. The van der Waals surface area contributed by atoms with Crippen molar-refractivity contribution >= 4 is 41.7 Å². The zero-order valence-electron chi connectivity index (χ0n) is 15.4. The molecule has 1 atom stereocenters. The molecule has 26 heavy (non-hydrogen) atoms. The predicted molar refractivity (Wildman–Crippen MR) is 113 cm³/mol. The Morgan fingerprint density at radius 1 is 1.23 bits per heavy atom. The van der Waals surface area contributed by atoms with Gasteiger partial charge in [-0.3, -0.25) is 9.89 Å². The van der Waals surface area contributed by atoms with Gasteiger partial charge in [0.15, 0.2) is 5.96 Å². The minimum atomic E-state index is -4.12. The van der Waals surface area contributed by atoms with E-state index in [2.05, 4.69) is 27.0 Å². The third-order valence-corrected chi connectivity index (χ3v) is 7.07. The number of rotatable bonds is 2. The molecule has 0 radical (unpaired) electrons. The van der Waals surface area contributed by atoms with Gasteiger partial charge in [-0.1, -0.05) is 19.3 Å². The summed E-state index contributed by atoms with van der Waals surface area (Å²) in [6.45, 7) is 2.09. The summed E-state index contributed by atoms with van der Waals surface area (Å²) in [5.74, 6) is 1.97. The predicted octanol–water partition coefficient (Wildman–Crippen LogP) is 3.57. The summed E-state index contributed by atoms with van der Waals surface area (Å²) >= 11 is 2.11. The molecule has 0 aromatic rings. The standard InChI is InChI=1S/C17H29F3N4S.HI/c1-21-15(22-14-5-8-23(11-14)13-17(18,19)20)24-9-10-25-16(12-24)6-3-2-4-7-16;/h14H,2-13H2,1H3,(H,21,22);1H. The van der Waals surface area contributed by atoms with E-state index in [9.17, 15) is 13.2 Å². The summed E-state index contributed by atoms with van der Waals surface area (Å²) in [7, 11) is 1.78. The van der Waals surface area contributed by atoms with Gasteiger partial charge in [0.25, 0.3) is 0 Å². The summed E-state index contributed by atoms with van der Waals surface area (Å²) in [6, 6.07) is 0.0536. The molecule has 9 heteroatoms. The van der Waals surface area contributed by atoms with Crippen LogP contribution in [0.3, 0.4) is 0 Å². The summed E-state index contributed by atoms with van der Waals surface area (Å²) in [5.41, 5.74) is 0. The lowest BCUT2D eigenvalue weighted by molar-refractivity contribution is -0.143. The monoisotopic (exact) mass is 506 g/mol. The van der Waals surface area contributed by atoms with Crippen LogP contribution in [-0.4, -0.2) is 78.2 Å². The van der Waals surface area contributed by atoms with E-state index in [1.165, 1.54) is 37.0 Å². The van der Waals surface area contributed by atoms with Gasteiger partial charge in [0.2, 0.25) is 0 Å². The summed E-state index contributed by atoms with van der Waals surface area (Å²) in [6.07, 6.45) is 3.12. The number of nitrogens with zero attached hydrogens (tertiary/aromatic N) is 3. The van der Waals surface area contributed by atoms with Crippen molar-refractivity contribution in [2.45, 2.75) is 55.5 Å². The van der Waals surface area contributed by atoms with Gasteiger partial charge in [-0.05, 0) is 19.3 Å². The van der Waals surface area contributed by atoms with E-state index in [0.29, 0.717) is 17.8 Å². The third kappa shape index (κ3) is 6.05. The number of halogens is 4. The highest BCUT2D eigenvalue weighted by molar-refractivity contribution is 14.0. The first-order valence-corrected chi connectivity index (χ1v) is 10.3. The van der Waals surface area contributed by atoms with Crippen LogP contribution in [-0.2, 0) is 0 Å². The summed E-state index contributed by atoms with van der Waals surface area (Å²) in [5, 5.41) is 3.43. The number of likely N-dealkylation sites (tertiary alicyclic amines) is 1. The van der Waals surface area contributed by atoms with E-state index < -0.39 is 12.7 Å². The molecule has 3 aliphatic rings. The van der Waals surface area contributed by atoms with E-state index >= 15 is 0 Å². The van der Waals surface area contributed by atoms with E-state index in [1.807, 2.05) is 0 Å². The average Bonchev–Trinajstić information content (AvgIpc) is 2.98. The topological polar surface area (TPSA) is 30.9 Å². The van der Waals surface area contributed by atoms with E-state index in [-0.39, 0.29) is 30.0 Å². The van der Waals surface area contributed by atoms with Crippen LogP contribution in [0.5, 0.6) is 0 Å². The molecule has 0 bridgehead atoms. The fourth-order valence-electron chi connectivity index (χ4n) is 4.35. The molecular formula is C17H30F3IN4S. The Bertz CT molecular complexity index is 478. The molecule has 3 rings (SSSR count). The van der Waals surface area contributed by atoms with Crippen LogP contribution in [0.2, 0.25) is 0 Å². The minimum absolute atomic E-state index is 0. The van der Waals surface area contributed by atoms with Gasteiger partial charge in [0.05, 0.1) is 6.54 Å². The van der Waals surface area contributed by atoms with Gasteiger partial charge >= 0.3 is 6.18 Å². The first-order valence-electron chi connectivity index (χ1n) is 9.30. The Labute approximate surface area is 175 Å². The molecule has 0 aromatic carbocycles. The van der Waals surface area contributed by atoms with Gasteiger partial charge in [0.1, 0.15) is 0 Å². The smallest absolute Gasteiger partial charge is 0.352 e. The highest BCUT2D eigenvalue weighted by Gasteiger charge is 2.39. The van der Waals surface area contributed by atoms with Gasteiger partial charge in [-0.2, -0.15) is 24.9 Å². The second kappa shape index (κ2) is 9.54. The van der Waals surface area contributed by atoms with Crippen molar-refractivity contribution in [1.29, 1.82) is 0 Å². The molecular weight excluding hydrogens is 476 g/mol. The molecule has 1 N–H and O–H groups in total. The number of aliphatic imine (C=N–C) groups is 1. The molecule has 2 heterocycles. The molecule has 1 saturated carbocycles. The maximum atomic E-state index is 12.6. The Kier molecular flexibility index (Phi) is 8.21. The van der Waals surface area contributed by atoms with Crippen LogP contribution in [0.25, 0.3) is 0 Å². The highest BCUT2D eigenvalue weighted by Crippen LogP contribution is 2.42. The molecule has 3 fully saturated rings. The van der Waals surface area contributed by atoms with Gasteiger partial charge in [0, 0.05) is 49.8 Å². The second-order valence-electron chi connectivity index (χ2n) is 7.54. The lowest BCUT2D eigenvalue weighted by atomic mass is 9.87. The van der Waals surface area contributed by atoms with Gasteiger partial charge < -0.3 is 10.2 Å². The van der Waals surface area contributed by atoms with Crippen molar-refractivity contribution < 1.29 is 13.2 Å². The lowest BCUT2D eigenvalue weighted by Gasteiger charge is -2.45. The van der Waals surface area contributed by atoms with Crippen molar-refractivity contribution in [2.24, 2.45) is 4.99 Å². The minimum Gasteiger partial charge on any atom is -0.352 e. The molecule has 4 nitrogen and oxygen atoms in total. The Balaban J connectivity index is 0.00000243. The molecule has 1 spiro atoms. The third-order valence-electron chi connectivity index (χ3n) is 5.53. The molecule has 2 aliphatic heterocycles. The summed E-state index contributed by atoms with van der Waals surface area (Å²) < 4.78 is 38.0. The SMILES string of the molecule is CN=C(NC1CCN(CC(F)(F)F)C1)N1CCSC2(CCCCC2)C1.I. The van der Waals surface area contributed by atoms with Crippen LogP contribution < -0.4 is 5.32 Å². The van der Waals surface area contributed by atoms with Crippen molar-refractivity contribution in [2.75, 3.05) is 45.5 Å². The van der Waals surface area contributed by atoms with Crippen LogP contribution in [0.1, 0.15) is 38.5 Å². The lowest BCUT2D eigenvalue weighted by Crippen LogP contribution is -2.55. The first kappa shape index (κ1) is 22.4. The Morgan fingerprint density at radius 2 is 1.96 bits per heavy atom. The first-order chi connectivity index (χ1) is 11.9. The van der Waals surface area contributed by atoms with Crippen LogP contribution >= 0.6 is 35.7 Å². The van der Waals surface area contributed by atoms with Crippen LogP contribution in [0, 0.1) is 0 Å². The van der Waals surface area contributed by atoms with E-state index in [1.54, 1.807) is 7.05 Å². The van der Waals surface area contributed by atoms with Gasteiger partial charge in [-0.25, -0.2) is 0 Å². The maximum Gasteiger partial charge on any atom is 0.401 e. The summed E-state index contributed by atoms with van der Waals surface area (Å²) in [4.78, 5) is 8.25. The highest BCUT2D eigenvalue weighted by atomic mass is 127. The van der Waals surface area contributed by atoms with Crippen molar-refractivity contribution in [3.05, 3.63) is 0 Å². The zero-order valence-corrected chi connectivity index (χ0v) is 18.5. The van der Waals surface area contributed by atoms with Crippen LogP contribution in [0.15, 0.2) is 4.99 Å². The molecule has 2 saturated heterocycles. The fraction of sp³-hybridized carbons (Fsp3) is 0.941.